The quantitative estimate of drug-likeness (QED) is 0.560. The predicted octanol–water partition coefficient (Wildman–Crippen LogP) is 1.01. The average molecular weight is 392 g/mol. The van der Waals surface area contributed by atoms with Crippen LogP contribution in [0.15, 0.2) is 4.99 Å². The van der Waals surface area contributed by atoms with Gasteiger partial charge >= 0.3 is 0 Å². The van der Waals surface area contributed by atoms with Gasteiger partial charge in [0.1, 0.15) is 0 Å². The van der Waals surface area contributed by atoms with Gasteiger partial charge in [0, 0.05) is 83.8 Å². The summed E-state index contributed by atoms with van der Waals surface area (Å²) >= 11 is 0. The van der Waals surface area contributed by atoms with E-state index in [1.807, 2.05) is 14.1 Å². The third kappa shape index (κ3) is 3.52. The molecule has 3 atom stereocenters. The lowest BCUT2D eigenvalue weighted by atomic mass is 9.46. The number of fused-ring (bicyclic) bond motifs is 2. The van der Waals surface area contributed by atoms with Crippen molar-refractivity contribution < 1.29 is 9.53 Å². The molecule has 2 saturated heterocycles. The topological polar surface area (TPSA) is 60.4 Å². The van der Waals surface area contributed by atoms with Crippen molar-refractivity contribution in [2.24, 2.45) is 16.3 Å². The van der Waals surface area contributed by atoms with E-state index in [-0.39, 0.29) is 5.91 Å². The molecule has 4 fully saturated rings. The van der Waals surface area contributed by atoms with Crippen LogP contribution in [0.4, 0.5) is 0 Å². The molecule has 0 bridgehead atoms. The molecule has 158 valence electrons. The summed E-state index contributed by atoms with van der Waals surface area (Å²) in [6.45, 7) is 8.66. The molecule has 1 spiro atoms. The van der Waals surface area contributed by atoms with Crippen molar-refractivity contribution in [1.82, 2.24) is 20.0 Å². The van der Waals surface area contributed by atoms with Crippen LogP contribution in [-0.4, -0.2) is 98.7 Å². The molecule has 2 aliphatic heterocycles. The Bertz CT molecular complexity index is 596. The van der Waals surface area contributed by atoms with Crippen molar-refractivity contribution in [1.29, 1.82) is 0 Å². The molecule has 2 aliphatic carbocycles. The Morgan fingerprint density at radius 2 is 2.00 bits per heavy atom. The summed E-state index contributed by atoms with van der Waals surface area (Å²) in [5.74, 6) is 1.97. The molecule has 0 radical (unpaired) electrons. The van der Waals surface area contributed by atoms with E-state index in [4.69, 9.17) is 9.73 Å². The number of hydrogen-bond acceptors (Lipinski definition) is 4. The highest BCUT2D eigenvalue weighted by Crippen LogP contribution is 2.62. The molecule has 0 aromatic rings. The summed E-state index contributed by atoms with van der Waals surface area (Å²) in [5.41, 5.74) is 0.379. The fourth-order valence-electron chi connectivity index (χ4n) is 5.64. The van der Waals surface area contributed by atoms with Crippen molar-refractivity contribution in [3.8, 4) is 0 Å². The molecule has 1 amide bonds. The normalized spacial score (nSPS) is 31.9. The van der Waals surface area contributed by atoms with Crippen LogP contribution >= 0.6 is 0 Å². The van der Waals surface area contributed by atoms with Gasteiger partial charge in [0.25, 0.3) is 0 Å². The van der Waals surface area contributed by atoms with Crippen LogP contribution in [0.3, 0.4) is 0 Å². The molecular formula is C21H37N5O2. The molecule has 7 nitrogen and oxygen atoms in total. The summed E-state index contributed by atoms with van der Waals surface area (Å²) in [4.78, 5) is 23.2. The van der Waals surface area contributed by atoms with Gasteiger partial charge in [-0.1, -0.05) is 6.42 Å². The van der Waals surface area contributed by atoms with Crippen molar-refractivity contribution >= 4 is 11.9 Å². The molecule has 28 heavy (non-hydrogen) atoms. The number of ether oxygens (including phenoxy) is 1. The first-order valence-corrected chi connectivity index (χ1v) is 11.1. The molecule has 4 rings (SSSR count). The van der Waals surface area contributed by atoms with Gasteiger partial charge in [0.2, 0.25) is 5.91 Å². The van der Waals surface area contributed by atoms with Gasteiger partial charge in [0.15, 0.2) is 5.96 Å². The number of nitrogens with zero attached hydrogens (tertiary/aromatic N) is 4. The lowest BCUT2D eigenvalue weighted by Crippen LogP contribution is -2.73. The van der Waals surface area contributed by atoms with E-state index in [2.05, 4.69) is 22.0 Å². The summed E-state index contributed by atoms with van der Waals surface area (Å²) in [6.07, 6.45) is 6.24. The van der Waals surface area contributed by atoms with Crippen molar-refractivity contribution in [3.63, 3.8) is 0 Å². The van der Waals surface area contributed by atoms with Gasteiger partial charge in [-0.3, -0.25) is 14.7 Å². The van der Waals surface area contributed by atoms with Crippen LogP contribution in [0.2, 0.25) is 0 Å². The number of carbonyl (C=O) groups excluding carboxylic acids is 1. The Kier molecular flexibility index (Phi) is 5.83. The molecule has 3 unspecified atom stereocenters. The van der Waals surface area contributed by atoms with Crippen molar-refractivity contribution in [3.05, 3.63) is 0 Å². The maximum atomic E-state index is 11.8. The number of nitrogens with one attached hydrogen (secondary N) is 1. The van der Waals surface area contributed by atoms with Gasteiger partial charge < -0.3 is 19.9 Å². The molecule has 1 N–H and O–H groups in total. The van der Waals surface area contributed by atoms with Gasteiger partial charge in [-0.15, -0.1) is 0 Å². The minimum Gasteiger partial charge on any atom is -0.377 e. The van der Waals surface area contributed by atoms with Crippen molar-refractivity contribution in [2.75, 3.05) is 60.0 Å². The van der Waals surface area contributed by atoms with Gasteiger partial charge in [-0.25, -0.2) is 0 Å². The number of carbonyl (C=O) groups is 1. The molecule has 4 aliphatic rings. The Hall–Kier alpha value is -1.34. The molecule has 7 heteroatoms. The summed E-state index contributed by atoms with van der Waals surface area (Å²) in [6, 6.07) is 0.537. The van der Waals surface area contributed by atoms with E-state index < -0.39 is 0 Å². The van der Waals surface area contributed by atoms with E-state index in [9.17, 15) is 4.79 Å². The van der Waals surface area contributed by atoms with Crippen LogP contribution < -0.4 is 5.32 Å². The first-order chi connectivity index (χ1) is 13.5. The Balaban J connectivity index is 1.31. The Labute approximate surface area is 169 Å². The lowest BCUT2D eigenvalue weighted by Gasteiger charge is -2.63. The first-order valence-electron chi connectivity index (χ1n) is 11.1. The molecule has 0 aromatic heterocycles. The van der Waals surface area contributed by atoms with Gasteiger partial charge in [-0.2, -0.15) is 0 Å². The number of guanidine groups is 1. The summed E-state index contributed by atoms with van der Waals surface area (Å²) < 4.78 is 6.07. The maximum Gasteiger partial charge on any atom is 0.223 e. The second-order valence-electron chi connectivity index (χ2n) is 9.12. The number of piperazine rings is 1. The van der Waals surface area contributed by atoms with Crippen LogP contribution in [-0.2, 0) is 9.53 Å². The largest absolute Gasteiger partial charge is 0.377 e. The SMILES string of the molecule is CCN=C(NC1C2CCOC2C12CCC2)N1CCN(CCC(=O)N(C)C)CC1. The average Bonchev–Trinajstić information content (AvgIpc) is 3.07. The highest BCUT2D eigenvalue weighted by Gasteiger charge is 2.66. The zero-order valence-corrected chi connectivity index (χ0v) is 17.8. The van der Waals surface area contributed by atoms with Crippen molar-refractivity contribution in [2.45, 2.75) is 51.2 Å². The fraction of sp³-hybridized carbons (Fsp3) is 0.905. The highest BCUT2D eigenvalue weighted by atomic mass is 16.5. The molecular weight excluding hydrogens is 354 g/mol. The fourth-order valence-corrected chi connectivity index (χ4v) is 5.64. The molecule has 2 heterocycles. The van der Waals surface area contributed by atoms with E-state index in [0.717, 1.165) is 51.8 Å². The minimum absolute atomic E-state index is 0.210. The number of aliphatic imine (C=N–C) groups is 1. The van der Waals surface area contributed by atoms with Crippen LogP contribution in [0.5, 0.6) is 0 Å². The first kappa shape index (κ1) is 20.0. The molecule has 0 aromatic carbocycles. The van der Waals surface area contributed by atoms with Crippen LogP contribution in [0.25, 0.3) is 0 Å². The van der Waals surface area contributed by atoms with E-state index in [0.29, 0.717) is 29.9 Å². The highest BCUT2D eigenvalue weighted by molar-refractivity contribution is 5.81. The van der Waals surface area contributed by atoms with E-state index >= 15 is 0 Å². The minimum atomic E-state index is 0.210. The second kappa shape index (κ2) is 8.19. The standard InChI is InChI=1S/C21H37N5O2/c1-4-22-20(23-18-16-7-15-28-19(16)21(18)8-5-9-21)26-13-11-25(12-14-26)10-6-17(27)24(2)3/h16,18-19H,4-15H2,1-3H3,(H,22,23). The third-order valence-electron chi connectivity index (χ3n) is 7.44. The number of hydrogen-bond donors (Lipinski definition) is 1. The summed E-state index contributed by atoms with van der Waals surface area (Å²) in [5, 5.41) is 3.88. The monoisotopic (exact) mass is 391 g/mol. The zero-order chi connectivity index (χ0) is 19.7. The second-order valence-corrected chi connectivity index (χ2v) is 9.12. The lowest BCUT2D eigenvalue weighted by molar-refractivity contribution is -0.171. The summed E-state index contributed by atoms with van der Waals surface area (Å²) in [7, 11) is 3.66. The van der Waals surface area contributed by atoms with Crippen LogP contribution in [0, 0.1) is 11.3 Å². The van der Waals surface area contributed by atoms with E-state index in [1.165, 1.54) is 25.7 Å². The number of rotatable bonds is 5. The number of amides is 1. The Morgan fingerprint density at radius 3 is 2.61 bits per heavy atom. The van der Waals surface area contributed by atoms with Gasteiger partial charge in [0.05, 0.1) is 6.10 Å². The predicted molar refractivity (Wildman–Crippen MR) is 110 cm³/mol. The third-order valence-corrected chi connectivity index (χ3v) is 7.44. The smallest absolute Gasteiger partial charge is 0.223 e. The Morgan fingerprint density at radius 1 is 1.25 bits per heavy atom. The van der Waals surface area contributed by atoms with Gasteiger partial charge in [-0.05, 0) is 26.2 Å². The molecule has 2 saturated carbocycles. The van der Waals surface area contributed by atoms with E-state index in [1.54, 1.807) is 4.90 Å². The maximum absolute atomic E-state index is 11.8. The zero-order valence-electron chi connectivity index (χ0n) is 17.8. The van der Waals surface area contributed by atoms with Crippen LogP contribution in [0.1, 0.15) is 39.0 Å².